The molecule has 3 saturated heterocycles. The van der Waals surface area contributed by atoms with Gasteiger partial charge in [-0.3, -0.25) is 9.80 Å². The molecule has 0 spiro atoms. The first-order chi connectivity index (χ1) is 14.6. The molecule has 3 aliphatic rings. The zero-order valence-electron chi connectivity index (χ0n) is 23.3. The van der Waals surface area contributed by atoms with Crippen LogP contribution in [0, 0.1) is 10.8 Å². The van der Waals surface area contributed by atoms with Crippen LogP contribution in [0.5, 0.6) is 0 Å². The molecule has 0 saturated carbocycles. The van der Waals surface area contributed by atoms with Crippen molar-refractivity contribution < 1.29 is 14.2 Å². The SMILES string of the molecule is CC(C)(C)N1CCOCC1.CN1CCOC(C(C)(C)C)C1.CN1CCOCC1C(C)(C)C. The van der Waals surface area contributed by atoms with Crippen molar-refractivity contribution in [2.24, 2.45) is 10.8 Å². The number of hydrogen-bond donors (Lipinski definition) is 0. The van der Waals surface area contributed by atoms with Gasteiger partial charge in [0.2, 0.25) is 0 Å². The minimum atomic E-state index is 0.286. The van der Waals surface area contributed by atoms with Gasteiger partial charge in [-0.25, -0.2) is 0 Å². The first kappa shape index (κ1) is 29.8. The summed E-state index contributed by atoms with van der Waals surface area (Å²) in [5.74, 6) is 0. The summed E-state index contributed by atoms with van der Waals surface area (Å²) in [6, 6.07) is 0.580. The third kappa shape index (κ3) is 11.3. The number of hydrogen-bond acceptors (Lipinski definition) is 6. The van der Waals surface area contributed by atoms with Crippen molar-refractivity contribution in [1.82, 2.24) is 14.7 Å². The molecule has 0 aromatic rings. The summed E-state index contributed by atoms with van der Waals surface area (Å²) in [5, 5.41) is 0. The molecule has 0 N–H and O–H groups in total. The highest BCUT2D eigenvalue weighted by Gasteiger charge is 2.31. The van der Waals surface area contributed by atoms with Crippen LogP contribution in [-0.2, 0) is 14.2 Å². The van der Waals surface area contributed by atoms with E-state index in [0.29, 0.717) is 23.1 Å². The van der Waals surface area contributed by atoms with Crippen LogP contribution >= 0.6 is 0 Å². The largest absolute Gasteiger partial charge is 0.379 e. The van der Waals surface area contributed by atoms with Crippen molar-refractivity contribution in [1.29, 1.82) is 0 Å². The van der Waals surface area contributed by atoms with E-state index in [1.807, 2.05) is 0 Å². The molecule has 0 aliphatic carbocycles. The number of ether oxygens (including phenoxy) is 3. The van der Waals surface area contributed by atoms with Gasteiger partial charge in [0.25, 0.3) is 0 Å². The average molecular weight is 458 g/mol. The lowest BCUT2D eigenvalue weighted by Crippen LogP contribution is -2.49. The predicted octanol–water partition coefficient (Wildman–Crippen LogP) is 3.84. The predicted molar refractivity (Wildman–Crippen MR) is 136 cm³/mol. The Labute approximate surface area is 199 Å². The maximum absolute atomic E-state index is 5.67. The second kappa shape index (κ2) is 13.0. The number of rotatable bonds is 0. The smallest absolute Gasteiger partial charge is 0.0750 e. The van der Waals surface area contributed by atoms with E-state index >= 15 is 0 Å². The standard InChI is InChI=1S/2C9H19NO.C8H17NO/c1-9(2,3)8-7-11-6-5-10(8)4;1-9(2,3)8-7-10(4)5-6-11-8;1-8(2,3)9-4-6-10-7-5-9/h2*8H,5-7H2,1-4H3;4-7H2,1-3H3. The van der Waals surface area contributed by atoms with Crippen molar-refractivity contribution in [3.05, 3.63) is 0 Å². The van der Waals surface area contributed by atoms with Crippen LogP contribution in [0.3, 0.4) is 0 Å². The molecule has 0 radical (unpaired) electrons. The lowest BCUT2D eigenvalue weighted by molar-refractivity contribution is -0.0729. The zero-order valence-corrected chi connectivity index (χ0v) is 23.3. The molecule has 0 aromatic carbocycles. The van der Waals surface area contributed by atoms with E-state index in [1.165, 1.54) is 0 Å². The Bertz CT molecular complexity index is 502. The second-order valence-electron chi connectivity index (χ2n) is 12.7. The molecule has 192 valence electrons. The summed E-state index contributed by atoms with van der Waals surface area (Å²) in [6.45, 7) is 30.1. The van der Waals surface area contributed by atoms with Crippen LogP contribution in [0.15, 0.2) is 0 Å². The molecule has 2 atom stereocenters. The summed E-state index contributed by atoms with van der Waals surface area (Å²) in [4.78, 5) is 7.18. The highest BCUT2D eigenvalue weighted by molar-refractivity contribution is 4.83. The van der Waals surface area contributed by atoms with E-state index in [9.17, 15) is 0 Å². The highest BCUT2D eigenvalue weighted by Crippen LogP contribution is 2.25. The molecular formula is C26H55N3O3. The van der Waals surface area contributed by atoms with Crippen LogP contribution < -0.4 is 0 Å². The minimum absolute atomic E-state index is 0.286. The monoisotopic (exact) mass is 457 g/mol. The summed E-state index contributed by atoms with van der Waals surface area (Å²) in [7, 11) is 4.33. The van der Waals surface area contributed by atoms with Gasteiger partial charge in [-0.2, -0.15) is 0 Å². The van der Waals surface area contributed by atoms with Crippen molar-refractivity contribution in [2.45, 2.75) is 80.0 Å². The van der Waals surface area contributed by atoms with Gasteiger partial charge in [0.05, 0.1) is 39.1 Å². The lowest BCUT2D eigenvalue weighted by atomic mass is 9.86. The van der Waals surface area contributed by atoms with Crippen molar-refractivity contribution in [3.8, 4) is 0 Å². The molecule has 3 aliphatic heterocycles. The van der Waals surface area contributed by atoms with E-state index in [4.69, 9.17) is 14.2 Å². The van der Waals surface area contributed by atoms with Gasteiger partial charge in [-0.1, -0.05) is 41.5 Å². The highest BCUT2D eigenvalue weighted by atomic mass is 16.5. The maximum atomic E-state index is 5.67. The molecule has 0 aromatic heterocycles. The van der Waals surface area contributed by atoms with Crippen molar-refractivity contribution >= 4 is 0 Å². The van der Waals surface area contributed by atoms with E-state index in [1.54, 1.807) is 0 Å². The van der Waals surface area contributed by atoms with E-state index in [0.717, 1.165) is 65.8 Å². The summed E-state index contributed by atoms with van der Waals surface area (Å²) >= 11 is 0. The van der Waals surface area contributed by atoms with Crippen LogP contribution in [0.4, 0.5) is 0 Å². The molecule has 0 amide bonds. The van der Waals surface area contributed by atoms with Crippen LogP contribution in [0.1, 0.15) is 62.3 Å². The first-order valence-electron chi connectivity index (χ1n) is 12.5. The topological polar surface area (TPSA) is 37.4 Å². The molecule has 3 heterocycles. The van der Waals surface area contributed by atoms with Crippen molar-refractivity contribution in [3.63, 3.8) is 0 Å². The molecular weight excluding hydrogens is 402 g/mol. The molecule has 6 heteroatoms. The third-order valence-corrected chi connectivity index (χ3v) is 6.59. The Balaban J connectivity index is 0.000000240. The minimum Gasteiger partial charge on any atom is -0.379 e. The van der Waals surface area contributed by atoms with E-state index in [-0.39, 0.29) is 5.41 Å². The number of likely N-dealkylation sites (N-methyl/N-ethyl adjacent to an activating group) is 2. The van der Waals surface area contributed by atoms with Gasteiger partial charge in [-0.05, 0) is 45.7 Å². The summed E-state index contributed by atoms with van der Waals surface area (Å²) in [6.07, 6.45) is 0.404. The Morgan fingerprint density at radius 2 is 1.22 bits per heavy atom. The Kier molecular flexibility index (Phi) is 12.1. The summed E-state index contributed by atoms with van der Waals surface area (Å²) < 4.78 is 16.4. The number of nitrogens with zero attached hydrogens (tertiary/aromatic N) is 3. The Hall–Kier alpha value is -0.240. The van der Waals surface area contributed by atoms with Crippen LogP contribution in [0.2, 0.25) is 0 Å². The molecule has 3 fully saturated rings. The average Bonchev–Trinajstić information content (AvgIpc) is 2.68. The Morgan fingerprint density at radius 3 is 1.56 bits per heavy atom. The van der Waals surface area contributed by atoms with Gasteiger partial charge >= 0.3 is 0 Å². The quantitative estimate of drug-likeness (QED) is 0.550. The Morgan fingerprint density at radius 1 is 0.656 bits per heavy atom. The van der Waals surface area contributed by atoms with Gasteiger partial charge in [0.1, 0.15) is 0 Å². The van der Waals surface area contributed by atoms with Crippen molar-refractivity contribution in [2.75, 3.05) is 79.9 Å². The lowest BCUT2D eigenvalue weighted by Gasteiger charge is -2.40. The van der Waals surface area contributed by atoms with Crippen LogP contribution in [-0.4, -0.2) is 112 Å². The van der Waals surface area contributed by atoms with E-state index < -0.39 is 0 Å². The summed E-state index contributed by atoms with van der Waals surface area (Å²) in [5.41, 5.74) is 0.952. The van der Waals surface area contributed by atoms with Gasteiger partial charge in [-0.15, -0.1) is 0 Å². The first-order valence-corrected chi connectivity index (χ1v) is 12.5. The second-order valence-corrected chi connectivity index (χ2v) is 12.7. The molecule has 0 bridgehead atoms. The third-order valence-electron chi connectivity index (χ3n) is 6.59. The number of morpholine rings is 3. The molecule has 3 rings (SSSR count). The normalized spacial score (nSPS) is 27.1. The zero-order chi connectivity index (χ0) is 24.6. The van der Waals surface area contributed by atoms with Crippen LogP contribution in [0.25, 0.3) is 0 Å². The van der Waals surface area contributed by atoms with Gasteiger partial charge in [0.15, 0.2) is 0 Å². The van der Waals surface area contributed by atoms with E-state index in [2.05, 4.69) is 91.1 Å². The fourth-order valence-electron chi connectivity index (χ4n) is 4.13. The molecule has 2 unspecified atom stereocenters. The van der Waals surface area contributed by atoms with Gasteiger partial charge < -0.3 is 19.1 Å². The fourth-order valence-corrected chi connectivity index (χ4v) is 4.13. The maximum Gasteiger partial charge on any atom is 0.0750 e. The molecule has 6 nitrogen and oxygen atoms in total. The van der Waals surface area contributed by atoms with Gasteiger partial charge in [0, 0.05) is 44.3 Å². The fraction of sp³-hybridized carbons (Fsp3) is 1.00. The molecule has 32 heavy (non-hydrogen) atoms.